The molecule has 8 nitrogen and oxygen atoms in total. The van der Waals surface area contributed by atoms with E-state index in [-0.39, 0.29) is 135 Å². The third kappa shape index (κ3) is 21.3. The van der Waals surface area contributed by atoms with Crippen molar-refractivity contribution in [2.45, 2.75) is 26.1 Å². The topological polar surface area (TPSA) is 150 Å². The molecule has 0 bridgehead atoms. The number of carbonyl (C=O) groups excluding carboxylic acids is 3. The average Bonchev–Trinajstić information content (AvgIpc) is 3.04. The molecule has 0 saturated carbocycles. The van der Waals surface area contributed by atoms with E-state index in [1.54, 1.807) is 60.7 Å². The minimum absolute atomic E-state index is 0. The Labute approximate surface area is 368 Å². The van der Waals surface area contributed by atoms with E-state index in [1.807, 2.05) is 36.4 Å². The molecule has 0 aromatic heterocycles. The number of hydrogen-bond acceptors (Lipinski definition) is 8. The molecular formula is C32H32BrCl2K2NO7. The summed E-state index contributed by atoms with van der Waals surface area (Å²) in [7, 11) is 0. The second-order valence-electron chi connectivity index (χ2n) is 8.57. The summed E-state index contributed by atoms with van der Waals surface area (Å²) in [5, 5.41) is 27.7. The van der Waals surface area contributed by atoms with E-state index in [2.05, 4.69) is 20.8 Å². The summed E-state index contributed by atoms with van der Waals surface area (Å²) in [6, 6.07) is 28.6. The molecule has 0 unspecified atom stereocenters. The van der Waals surface area contributed by atoms with Gasteiger partial charge < -0.3 is 27.5 Å². The first-order valence-corrected chi connectivity index (χ1v) is 14.5. The zero-order chi connectivity index (χ0) is 32.0. The molecule has 230 valence electrons. The fourth-order valence-corrected chi connectivity index (χ4v) is 3.90. The molecule has 0 fully saturated rings. The molecule has 0 saturated heterocycles. The van der Waals surface area contributed by atoms with E-state index in [1.165, 1.54) is 0 Å². The van der Waals surface area contributed by atoms with Gasteiger partial charge >= 0.3 is 103 Å². The van der Waals surface area contributed by atoms with Crippen molar-refractivity contribution in [2.24, 2.45) is 0 Å². The first-order valence-electron chi connectivity index (χ1n) is 12.7. The Morgan fingerprint density at radius 3 is 1.60 bits per heavy atom. The van der Waals surface area contributed by atoms with Crippen LogP contribution >= 0.6 is 39.1 Å². The first-order chi connectivity index (χ1) is 20.7. The van der Waals surface area contributed by atoms with Crippen LogP contribution in [0.3, 0.4) is 0 Å². The standard InChI is InChI=1S/C16H15ClO2.C8H6BrClO.C7H9NO.CH2O3.2K.H/c17-15-7-5-14(6-8-15)16(19)9-4-12-2-1-3-13(10-12)11-18;9-5-8(11)6-1-3-7(10)4-2-6;8-7-3-1-2-6(4-7)5-9;2-1-4-3;;;/h1-3,5-8,10,18H,4,9,11H2;1-4H,5H2;1-4,9H,5,8H2;1,3H;;;/q;;;;2*+1;-1/p-1. The summed E-state index contributed by atoms with van der Waals surface area (Å²) in [6.07, 6.45) is 1.13. The molecule has 0 aliphatic carbocycles. The zero-order valence-electron chi connectivity index (χ0n) is 26.0. The summed E-state index contributed by atoms with van der Waals surface area (Å²) in [5.74, 6) is 0.174. The third-order valence-corrected chi connectivity index (χ3v) is 6.45. The number of aryl methyl sites for hydroxylation is 1. The van der Waals surface area contributed by atoms with Crippen LogP contribution in [0.2, 0.25) is 10.0 Å². The van der Waals surface area contributed by atoms with Crippen LogP contribution in [0.5, 0.6) is 0 Å². The smallest absolute Gasteiger partial charge is 1.00 e. The maximum atomic E-state index is 12.0. The molecule has 45 heavy (non-hydrogen) atoms. The van der Waals surface area contributed by atoms with Crippen molar-refractivity contribution in [3.05, 3.63) is 135 Å². The maximum Gasteiger partial charge on any atom is 1.00 e. The third-order valence-electron chi connectivity index (χ3n) is 5.44. The van der Waals surface area contributed by atoms with Crippen LogP contribution in [0, 0.1) is 0 Å². The van der Waals surface area contributed by atoms with Gasteiger partial charge in [0.2, 0.25) is 0 Å². The van der Waals surface area contributed by atoms with Gasteiger partial charge in [-0.2, -0.15) is 0 Å². The Kier molecular flexibility index (Phi) is 29.9. The number of aliphatic hydroxyl groups is 2. The van der Waals surface area contributed by atoms with Crippen molar-refractivity contribution >= 4 is 62.9 Å². The number of aliphatic hydroxyl groups excluding tert-OH is 2. The van der Waals surface area contributed by atoms with Crippen molar-refractivity contribution in [1.29, 1.82) is 0 Å². The average molecular weight is 772 g/mol. The van der Waals surface area contributed by atoms with Gasteiger partial charge in [-0.05, 0) is 83.8 Å². The molecule has 0 spiro atoms. The number of Topliss-reactive ketones (excluding diaryl/α,β-unsaturated/α-hetero) is 2. The van der Waals surface area contributed by atoms with E-state index in [4.69, 9.17) is 49.2 Å². The summed E-state index contributed by atoms with van der Waals surface area (Å²) >= 11 is 14.5. The van der Waals surface area contributed by atoms with Gasteiger partial charge in [0.1, 0.15) is 0 Å². The van der Waals surface area contributed by atoms with Gasteiger partial charge in [-0.25, -0.2) is 0 Å². The van der Waals surface area contributed by atoms with Gasteiger partial charge in [-0.3, -0.25) is 14.4 Å². The molecule has 0 heterocycles. The Morgan fingerprint density at radius 1 is 0.778 bits per heavy atom. The predicted octanol–water partition coefficient (Wildman–Crippen LogP) is -0.118. The number of ketones is 2. The molecule has 0 atom stereocenters. The van der Waals surface area contributed by atoms with Crippen molar-refractivity contribution in [3.63, 3.8) is 0 Å². The molecule has 4 aromatic rings. The largest absolute Gasteiger partial charge is 1.00 e. The molecule has 0 aliphatic heterocycles. The second-order valence-corrected chi connectivity index (χ2v) is 10.0. The fourth-order valence-electron chi connectivity index (χ4n) is 3.33. The Morgan fingerprint density at radius 2 is 1.20 bits per heavy atom. The minimum atomic E-state index is -0.181. The van der Waals surface area contributed by atoms with E-state index in [0.717, 1.165) is 16.7 Å². The quantitative estimate of drug-likeness (QED) is 0.0406. The van der Waals surface area contributed by atoms with E-state index in [9.17, 15) is 9.59 Å². The molecule has 0 aliphatic rings. The van der Waals surface area contributed by atoms with Crippen LogP contribution in [0.4, 0.5) is 5.69 Å². The minimum Gasteiger partial charge on any atom is -1.00 e. The van der Waals surface area contributed by atoms with Crippen LogP contribution < -0.4 is 114 Å². The Bertz CT molecular complexity index is 1420. The van der Waals surface area contributed by atoms with E-state index in [0.29, 0.717) is 45.0 Å². The van der Waals surface area contributed by atoms with Gasteiger partial charge in [-0.15, -0.1) is 0 Å². The monoisotopic (exact) mass is 769 g/mol. The zero-order valence-corrected chi connectivity index (χ0v) is 34.3. The van der Waals surface area contributed by atoms with Crippen LogP contribution in [-0.4, -0.2) is 33.6 Å². The van der Waals surface area contributed by atoms with Gasteiger partial charge in [0.25, 0.3) is 6.47 Å². The maximum absolute atomic E-state index is 12.0. The molecule has 4 aromatic carbocycles. The number of carbonyl (C=O) groups is 3. The van der Waals surface area contributed by atoms with Crippen molar-refractivity contribution in [1.82, 2.24) is 0 Å². The summed E-state index contributed by atoms with van der Waals surface area (Å²) in [5.41, 5.74) is 10.3. The number of nitrogen functional groups attached to an aromatic ring is 1. The number of alkyl halides is 1. The number of anilines is 1. The Hall–Kier alpha value is -0.297. The number of rotatable bonds is 9. The fraction of sp³-hybridized carbons (Fsp3) is 0.156. The number of halogens is 3. The molecule has 13 heteroatoms. The summed E-state index contributed by atoms with van der Waals surface area (Å²) in [4.78, 5) is 34.3. The molecule has 0 amide bonds. The first kappa shape index (κ1) is 46.8. The SMILES string of the molecule is Nc1cccc(CO)c1.O=C(CBr)c1ccc(Cl)cc1.O=C(CCc1cccc(CO)c1)c1ccc(Cl)cc1.O=CO[O-].[H-].[K+].[K+]. The van der Waals surface area contributed by atoms with Gasteiger partial charge in [0.05, 0.1) is 18.5 Å². The van der Waals surface area contributed by atoms with Crippen LogP contribution in [0.25, 0.3) is 0 Å². The van der Waals surface area contributed by atoms with Crippen LogP contribution in [0.15, 0.2) is 97.1 Å². The van der Waals surface area contributed by atoms with Gasteiger partial charge in [0, 0.05) is 33.3 Å². The predicted molar refractivity (Wildman–Crippen MR) is 171 cm³/mol. The normalized spacial score (nSPS) is 9.11. The van der Waals surface area contributed by atoms with Crippen LogP contribution in [-0.2, 0) is 29.3 Å². The van der Waals surface area contributed by atoms with Gasteiger partial charge in [-0.1, -0.05) is 75.5 Å². The second kappa shape index (κ2) is 28.7. The van der Waals surface area contributed by atoms with Crippen molar-refractivity contribution in [3.8, 4) is 0 Å². The molecular weight excluding hydrogens is 739 g/mol. The van der Waals surface area contributed by atoms with Gasteiger partial charge in [0.15, 0.2) is 11.6 Å². The van der Waals surface area contributed by atoms with Crippen LogP contribution in [0.1, 0.15) is 45.3 Å². The molecule has 4 N–H and O–H groups in total. The Balaban J connectivity index is -0.000000589. The summed E-state index contributed by atoms with van der Waals surface area (Å²) < 4.78 is 0. The van der Waals surface area contributed by atoms with Crippen molar-refractivity contribution in [2.75, 3.05) is 11.1 Å². The number of nitrogens with two attached hydrogens (primary N) is 1. The molecule has 4 rings (SSSR count). The number of benzene rings is 4. The van der Waals surface area contributed by atoms with Crippen molar-refractivity contribution < 1.29 is 139 Å². The molecule has 0 radical (unpaired) electrons. The number of hydrogen-bond donors (Lipinski definition) is 3. The summed E-state index contributed by atoms with van der Waals surface area (Å²) in [6.45, 7) is -0.0932. The van der Waals surface area contributed by atoms with E-state index >= 15 is 0 Å². The van der Waals surface area contributed by atoms with E-state index < -0.39 is 0 Å².